The van der Waals surface area contributed by atoms with Gasteiger partial charge in [-0.25, -0.2) is 0 Å². The maximum Gasteiger partial charge on any atom is 0.155 e. The molecule has 0 aliphatic rings. The average Bonchev–Trinajstić information content (AvgIpc) is 2.04. The van der Waals surface area contributed by atoms with Gasteiger partial charge in [-0.3, -0.25) is 0 Å². The lowest BCUT2D eigenvalue weighted by Gasteiger charge is -2.10. The van der Waals surface area contributed by atoms with Crippen molar-refractivity contribution in [1.82, 2.24) is 0 Å². The van der Waals surface area contributed by atoms with Crippen LogP contribution in [-0.4, -0.2) is 25.4 Å². The van der Waals surface area contributed by atoms with Gasteiger partial charge in [0, 0.05) is 12.5 Å². The Labute approximate surface area is 79.5 Å². The molecule has 0 saturated heterocycles. The molecular formula is C9H17ClO2. The molecule has 0 aromatic rings. The van der Waals surface area contributed by atoms with Crippen LogP contribution in [0, 0.1) is 0 Å². The first kappa shape index (κ1) is 11.9. The van der Waals surface area contributed by atoms with Gasteiger partial charge < -0.3 is 9.47 Å². The Morgan fingerprint density at radius 3 is 2.67 bits per heavy atom. The summed E-state index contributed by atoms with van der Waals surface area (Å²) in [5.41, 5.74) is 1.13. The van der Waals surface area contributed by atoms with Gasteiger partial charge in [0.25, 0.3) is 0 Å². The van der Waals surface area contributed by atoms with Gasteiger partial charge in [-0.15, -0.1) is 11.6 Å². The molecule has 3 heteroatoms. The summed E-state index contributed by atoms with van der Waals surface area (Å²) >= 11 is 5.57. The van der Waals surface area contributed by atoms with Crippen LogP contribution in [0.4, 0.5) is 0 Å². The quantitative estimate of drug-likeness (QED) is 0.366. The van der Waals surface area contributed by atoms with E-state index >= 15 is 0 Å². The number of hydrogen-bond acceptors (Lipinski definition) is 2. The molecule has 0 spiro atoms. The predicted molar refractivity (Wildman–Crippen MR) is 51.5 cm³/mol. The van der Waals surface area contributed by atoms with Gasteiger partial charge in [0.1, 0.15) is 0 Å². The van der Waals surface area contributed by atoms with E-state index in [4.69, 9.17) is 21.1 Å². The van der Waals surface area contributed by atoms with Crippen molar-refractivity contribution in [2.45, 2.75) is 27.1 Å². The van der Waals surface area contributed by atoms with Crippen LogP contribution >= 0.6 is 11.6 Å². The molecule has 0 saturated carbocycles. The lowest BCUT2D eigenvalue weighted by atomic mass is 10.3. The fourth-order valence-electron chi connectivity index (χ4n) is 0.663. The molecule has 0 amide bonds. The van der Waals surface area contributed by atoms with E-state index in [2.05, 4.69) is 0 Å². The van der Waals surface area contributed by atoms with Gasteiger partial charge in [0.15, 0.2) is 6.29 Å². The Hall–Kier alpha value is -0.0500. The van der Waals surface area contributed by atoms with E-state index in [1.807, 2.05) is 26.8 Å². The highest BCUT2D eigenvalue weighted by atomic mass is 35.5. The van der Waals surface area contributed by atoms with Crippen LogP contribution in [0.25, 0.3) is 0 Å². The molecule has 0 heterocycles. The van der Waals surface area contributed by atoms with Crippen LogP contribution in [0.3, 0.4) is 0 Å². The van der Waals surface area contributed by atoms with E-state index in [1.165, 1.54) is 0 Å². The minimum atomic E-state index is -0.130. The molecule has 0 aromatic carbocycles. The van der Waals surface area contributed by atoms with Crippen LogP contribution in [0.1, 0.15) is 20.8 Å². The van der Waals surface area contributed by atoms with Gasteiger partial charge in [-0.05, 0) is 20.8 Å². The van der Waals surface area contributed by atoms with Crippen molar-refractivity contribution in [2.24, 2.45) is 0 Å². The van der Waals surface area contributed by atoms with Crippen molar-refractivity contribution in [3.05, 3.63) is 11.6 Å². The maximum atomic E-state index is 5.57. The summed E-state index contributed by atoms with van der Waals surface area (Å²) in [6.45, 7) is 7.05. The molecule has 12 heavy (non-hydrogen) atoms. The fraction of sp³-hybridized carbons (Fsp3) is 0.778. The zero-order valence-electron chi connectivity index (χ0n) is 7.97. The largest absolute Gasteiger partial charge is 0.353 e. The van der Waals surface area contributed by atoms with Gasteiger partial charge >= 0.3 is 0 Å². The molecule has 72 valence electrons. The van der Waals surface area contributed by atoms with E-state index in [9.17, 15) is 0 Å². The summed E-state index contributed by atoms with van der Waals surface area (Å²) in [5, 5.41) is 0. The summed E-state index contributed by atoms with van der Waals surface area (Å²) in [6, 6.07) is 0. The summed E-state index contributed by atoms with van der Waals surface area (Å²) in [5.74, 6) is 0.562. The molecule has 0 aromatic heterocycles. The average molecular weight is 193 g/mol. The van der Waals surface area contributed by atoms with Crippen molar-refractivity contribution in [1.29, 1.82) is 0 Å². The molecular weight excluding hydrogens is 176 g/mol. The lowest BCUT2D eigenvalue weighted by molar-refractivity contribution is -0.118. The second kappa shape index (κ2) is 7.59. The first-order valence-corrected chi connectivity index (χ1v) is 4.69. The monoisotopic (exact) mass is 192 g/mol. The third-order valence-corrected chi connectivity index (χ3v) is 1.80. The van der Waals surface area contributed by atoms with Crippen LogP contribution in [-0.2, 0) is 9.47 Å². The number of alkyl halides is 1. The molecule has 0 aliphatic carbocycles. The number of ether oxygens (including phenoxy) is 2. The van der Waals surface area contributed by atoms with Crippen LogP contribution < -0.4 is 0 Å². The first-order chi connectivity index (χ1) is 5.70. The van der Waals surface area contributed by atoms with Gasteiger partial charge in [0.05, 0.1) is 6.61 Å². The summed E-state index contributed by atoms with van der Waals surface area (Å²) in [4.78, 5) is 0. The van der Waals surface area contributed by atoms with E-state index in [0.29, 0.717) is 19.1 Å². The SMILES string of the molecule is CCOC(C)OC/C=C(\C)CCl. The van der Waals surface area contributed by atoms with Crippen molar-refractivity contribution < 1.29 is 9.47 Å². The fourth-order valence-corrected chi connectivity index (χ4v) is 0.772. The third-order valence-electron chi connectivity index (χ3n) is 1.37. The molecule has 0 fully saturated rings. The van der Waals surface area contributed by atoms with Crippen molar-refractivity contribution in [3.63, 3.8) is 0 Å². The normalized spacial score (nSPS) is 14.8. The topological polar surface area (TPSA) is 18.5 Å². The van der Waals surface area contributed by atoms with Gasteiger partial charge in [0.2, 0.25) is 0 Å². The molecule has 0 N–H and O–H groups in total. The molecule has 1 atom stereocenters. The number of halogens is 1. The summed E-state index contributed by atoms with van der Waals surface area (Å²) in [7, 11) is 0. The Balaban J connectivity index is 3.41. The lowest BCUT2D eigenvalue weighted by Crippen LogP contribution is -2.12. The van der Waals surface area contributed by atoms with E-state index in [-0.39, 0.29) is 6.29 Å². The predicted octanol–water partition coefficient (Wildman–Crippen LogP) is 2.57. The number of hydrogen-bond donors (Lipinski definition) is 0. The third kappa shape index (κ3) is 6.65. The summed E-state index contributed by atoms with van der Waals surface area (Å²) < 4.78 is 10.5. The Morgan fingerprint density at radius 1 is 1.50 bits per heavy atom. The highest BCUT2D eigenvalue weighted by Crippen LogP contribution is 1.98. The molecule has 1 unspecified atom stereocenters. The summed E-state index contributed by atoms with van der Waals surface area (Å²) in [6.07, 6.45) is 1.83. The number of allylic oxidation sites excluding steroid dienone is 1. The smallest absolute Gasteiger partial charge is 0.155 e. The van der Waals surface area contributed by atoms with Crippen LogP contribution in [0.5, 0.6) is 0 Å². The number of rotatable bonds is 6. The second-order valence-corrected chi connectivity index (χ2v) is 2.81. The highest BCUT2D eigenvalue weighted by molar-refractivity contribution is 6.19. The second-order valence-electron chi connectivity index (χ2n) is 2.54. The van der Waals surface area contributed by atoms with Gasteiger partial charge in [-0.1, -0.05) is 11.6 Å². The molecule has 0 radical (unpaired) electrons. The minimum absolute atomic E-state index is 0.130. The van der Waals surface area contributed by atoms with Crippen LogP contribution in [0.15, 0.2) is 11.6 Å². The van der Waals surface area contributed by atoms with E-state index < -0.39 is 0 Å². The zero-order chi connectivity index (χ0) is 9.40. The molecule has 0 bridgehead atoms. The Morgan fingerprint density at radius 2 is 2.17 bits per heavy atom. The zero-order valence-corrected chi connectivity index (χ0v) is 8.73. The Bertz CT molecular complexity index is 134. The maximum absolute atomic E-state index is 5.57. The van der Waals surface area contributed by atoms with E-state index in [0.717, 1.165) is 5.57 Å². The van der Waals surface area contributed by atoms with Crippen molar-refractivity contribution in [3.8, 4) is 0 Å². The minimum Gasteiger partial charge on any atom is -0.353 e. The van der Waals surface area contributed by atoms with Crippen molar-refractivity contribution >= 4 is 11.6 Å². The van der Waals surface area contributed by atoms with E-state index in [1.54, 1.807) is 0 Å². The molecule has 0 aliphatic heterocycles. The first-order valence-electron chi connectivity index (χ1n) is 4.15. The standard InChI is InChI=1S/C9H17ClO2/c1-4-11-9(3)12-6-5-8(2)7-10/h5,9H,4,6-7H2,1-3H3/b8-5+. The van der Waals surface area contributed by atoms with Crippen LogP contribution in [0.2, 0.25) is 0 Å². The van der Waals surface area contributed by atoms with Gasteiger partial charge in [-0.2, -0.15) is 0 Å². The Kier molecular flexibility index (Phi) is 7.56. The highest BCUT2D eigenvalue weighted by Gasteiger charge is 1.97. The van der Waals surface area contributed by atoms with Crippen molar-refractivity contribution in [2.75, 3.05) is 19.1 Å². The molecule has 0 rings (SSSR count). The molecule has 2 nitrogen and oxygen atoms in total.